The summed E-state index contributed by atoms with van der Waals surface area (Å²) in [7, 11) is 1.85. The van der Waals surface area contributed by atoms with E-state index in [0.29, 0.717) is 11.1 Å². The monoisotopic (exact) mass is 312 g/mol. The van der Waals surface area contributed by atoms with E-state index in [-0.39, 0.29) is 0 Å². The fraction of sp³-hybridized carbons (Fsp3) is 0.263. The largest absolute Gasteiger partial charge is 0.478 e. The lowest BCUT2D eigenvalue weighted by molar-refractivity contribution is 0.0698. The van der Waals surface area contributed by atoms with Gasteiger partial charge in [-0.25, -0.2) is 9.78 Å². The van der Waals surface area contributed by atoms with E-state index in [1.807, 2.05) is 69.6 Å². The summed E-state index contributed by atoms with van der Waals surface area (Å²) in [5.74, 6) is -0.929. The van der Waals surface area contributed by atoms with Crippen molar-refractivity contribution in [2.45, 2.75) is 27.7 Å². The molecule has 0 aliphatic rings. The molecular weight excluding hydrogens is 288 g/mol. The van der Waals surface area contributed by atoms with Crippen LogP contribution >= 0.6 is 0 Å². The molecule has 3 rings (SSSR count). The fourth-order valence-electron chi connectivity index (χ4n) is 2.25. The average molecular weight is 312 g/mol. The van der Waals surface area contributed by atoms with Crippen molar-refractivity contribution in [1.29, 1.82) is 0 Å². The summed E-state index contributed by atoms with van der Waals surface area (Å²) >= 11 is 0. The van der Waals surface area contributed by atoms with Crippen LogP contribution in [0.25, 0.3) is 22.0 Å². The van der Waals surface area contributed by atoms with Crippen molar-refractivity contribution in [3.05, 3.63) is 54.5 Å². The number of nitrogens with zero attached hydrogens (tertiary/aromatic N) is 2. The van der Waals surface area contributed by atoms with Crippen LogP contribution in [0.4, 0.5) is 0 Å². The van der Waals surface area contributed by atoms with Crippen LogP contribution in [0.1, 0.15) is 38.1 Å². The van der Waals surface area contributed by atoms with E-state index in [9.17, 15) is 9.90 Å². The van der Waals surface area contributed by atoms with Crippen LogP contribution in [0.5, 0.6) is 0 Å². The summed E-state index contributed by atoms with van der Waals surface area (Å²) in [5.41, 5.74) is 1.77. The van der Waals surface area contributed by atoms with Gasteiger partial charge in [-0.1, -0.05) is 52.0 Å². The minimum atomic E-state index is -0.929. The molecule has 0 saturated heterocycles. The summed E-state index contributed by atoms with van der Waals surface area (Å²) < 4.78 is 1.82. The number of imidazole rings is 1. The van der Waals surface area contributed by atoms with Gasteiger partial charge < -0.3 is 9.67 Å². The lowest BCUT2D eigenvalue weighted by atomic mass is 9.99. The van der Waals surface area contributed by atoms with Crippen molar-refractivity contribution in [3.8, 4) is 11.3 Å². The zero-order valence-corrected chi connectivity index (χ0v) is 14.4. The second-order valence-corrected chi connectivity index (χ2v) is 4.44. The van der Waals surface area contributed by atoms with Gasteiger partial charge in [-0.3, -0.25) is 0 Å². The molecule has 3 aromatic rings. The molecule has 0 bridgehead atoms. The topological polar surface area (TPSA) is 55.1 Å². The summed E-state index contributed by atoms with van der Waals surface area (Å²) in [6, 6.07) is 11.3. The lowest BCUT2D eigenvalue weighted by Gasteiger charge is -2.09. The van der Waals surface area contributed by atoms with Gasteiger partial charge in [0, 0.05) is 12.6 Å². The number of hydrogen-bond acceptors (Lipinski definition) is 2. The maximum Gasteiger partial charge on any atom is 0.336 e. The summed E-state index contributed by atoms with van der Waals surface area (Å²) in [6.07, 6.45) is 3.34. The Bertz CT molecular complexity index is 776. The molecule has 0 unspecified atom stereocenters. The highest BCUT2D eigenvalue weighted by Gasteiger charge is 2.15. The molecule has 0 spiro atoms. The predicted octanol–water partition coefficient (Wildman–Crippen LogP) is 4.99. The van der Waals surface area contributed by atoms with Gasteiger partial charge in [-0.05, 0) is 22.9 Å². The van der Waals surface area contributed by atoms with Crippen molar-refractivity contribution in [3.63, 3.8) is 0 Å². The van der Waals surface area contributed by atoms with Gasteiger partial charge in [0.05, 0.1) is 23.8 Å². The highest BCUT2D eigenvalue weighted by molar-refractivity contribution is 6.01. The van der Waals surface area contributed by atoms with Crippen LogP contribution in [-0.2, 0) is 7.05 Å². The third-order valence-corrected chi connectivity index (χ3v) is 3.21. The van der Waals surface area contributed by atoms with E-state index in [0.717, 1.165) is 16.5 Å². The van der Waals surface area contributed by atoms with Gasteiger partial charge in [0.15, 0.2) is 0 Å². The third-order valence-electron chi connectivity index (χ3n) is 3.21. The maximum absolute atomic E-state index is 11.4. The van der Waals surface area contributed by atoms with E-state index in [2.05, 4.69) is 4.98 Å². The van der Waals surface area contributed by atoms with Gasteiger partial charge in [-0.15, -0.1) is 0 Å². The highest BCUT2D eigenvalue weighted by atomic mass is 16.4. The Morgan fingerprint density at radius 3 is 2.09 bits per heavy atom. The first-order valence-electron chi connectivity index (χ1n) is 7.89. The molecule has 2 aromatic carbocycles. The second kappa shape index (κ2) is 8.73. The van der Waals surface area contributed by atoms with Crippen molar-refractivity contribution in [2.24, 2.45) is 7.05 Å². The van der Waals surface area contributed by atoms with Gasteiger partial charge in [0.25, 0.3) is 0 Å². The number of carbonyl (C=O) groups is 1. The van der Waals surface area contributed by atoms with Crippen LogP contribution in [0.2, 0.25) is 0 Å². The number of carboxylic acids is 1. The van der Waals surface area contributed by atoms with Crippen molar-refractivity contribution >= 4 is 16.7 Å². The van der Waals surface area contributed by atoms with Crippen LogP contribution in [-0.4, -0.2) is 20.6 Å². The number of aryl methyl sites for hydroxylation is 1. The molecule has 0 radical (unpaired) electrons. The Kier molecular flexibility index (Phi) is 7.00. The number of hydrogen-bond donors (Lipinski definition) is 1. The fourth-order valence-corrected chi connectivity index (χ4v) is 2.25. The van der Waals surface area contributed by atoms with Crippen LogP contribution in [0.3, 0.4) is 0 Å². The number of aromatic nitrogens is 2. The minimum absolute atomic E-state index is 0.294. The smallest absolute Gasteiger partial charge is 0.336 e. The number of aromatic carboxylic acids is 1. The lowest BCUT2D eigenvalue weighted by Crippen LogP contribution is -2.02. The van der Waals surface area contributed by atoms with Crippen molar-refractivity contribution < 1.29 is 9.90 Å². The zero-order chi connectivity index (χ0) is 17.4. The SMILES string of the molecule is CC.CC.Cn1cncc1-c1cc2ccccc2cc1C(=O)O. The number of fused-ring (bicyclic) bond motifs is 1. The van der Waals surface area contributed by atoms with Crippen LogP contribution in [0, 0.1) is 0 Å². The van der Waals surface area contributed by atoms with Crippen LogP contribution < -0.4 is 0 Å². The standard InChI is InChI=1S/C15H12N2O2.2C2H6/c1-17-9-16-8-14(17)12-6-10-4-2-3-5-11(10)7-13(12)15(18)19;2*1-2/h2-9H,1H3,(H,18,19);2*1-2H3. The Morgan fingerprint density at radius 1 is 1.04 bits per heavy atom. The molecule has 122 valence electrons. The summed E-state index contributed by atoms with van der Waals surface area (Å²) in [6.45, 7) is 8.00. The summed E-state index contributed by atoms with van der Waals surface area (Å²) in [5, 5.41) is 11.3. The first-order valence-corrected chi connectivity index (χ1v) is 7.89. The number of carboxylic acid groups (broad SMARTS) is 1. The average Bonchev–Trinajstić information content (AvgIpc) is 3.03. The molecule has 0 atom stereocenters. The first kappa shape index (κ1) is 18.4. The van der Waals surface area contributed by atoms with E-state index in [4.69, 9.17) is 0 Å². The molecule has 23 heavy (non-hydrogen) atoms. The summed E-state index contributed by atoms with van der Waals surface area (Å²) in [4.78, 5) is 15.5. The minimum Gasteiger partial charge on any atom is -0.478 e. The van der Waals surface area contributed by atoms with Crippen LogP contribution in [0.15, 0.2) is 48.9 Å². The molecule has 1 N–H and O–H groups in total. The Labute approximate surface area is 137 Å². The molecule has 4 nitrogen and oxygen atoms in total. The normalized spacial score (nSPS) is 9.43. The Morgan fingerprint density at radius 2 is 1.61 bits per heavy atom. The third kappa shape index (κ3) is 3.97. The van der Waals surface area contributed by atoms with Gasteiger partial charge in [-0.2, -0.15) is 0 Å². The first-order chi connectivity index (χ1) is 11.2. The quantitative estimate of drug-likeness (QED) is 0.725. The molecule has 0 amide bonds. The van der Waals surface area contributed by atoms with Gasteiger partial charge in [0.1, 0.15) is 0 Å². The molecule has 1 aromatic heterocycles. The number of rotatable bonds is 2. The van der Waals surface area contributed by atoms with Gasteiger partial charge in [0.2, 0.25) is 0 Å². The highest BCUT2D eigenvalue weighted by Crippen LogP contribution is 2.28. The molecule has 0 fully saturated rings. The molecule has 0 saturated carbocycles. The molecule has 4 heteroatoms. The Balaban J connectivity index is 0.000000615. The molecule has 0 aliphatic heterocycles. The number of benzene rings is 2. The van der Waals surface area contributed by atoms with Gasteiger partial charge >= 0.3 is 5.97 Å². The molecular formula is C19H24N2O2. The van der Waals surface area contributed by atoms with Crippen molar-refractivity contribution in [1.82, 2.24) is 9.55 Å². The zero-order valence-electron chi connectivity index (χ0n) is 14.4. The predicted molar refractivity (Wildman–Crippen MR) is 95.8 cm³/mol. The molecule has 0 aliphatic carbocycles. The van der Waals surface area contributed by atoms with E-state index < -0.39 is 5.97 Å². The van der Waals surface area contributed by atoms with E-state index in [1.165, 1.54) is 0 Å². The maximum atomic E-state index is 11.4. The van der Waals surface area contributed by atoms with E-state index in [1.54, 1.807) is 18.6 Å². The second-order valence-electron chi connectivity index (χ2n) is 4.44. The molecule has 1 heterocycles. The van der Waals surface area contributed by atoms with Crippen molar-refractivity contribution in [2.75, 3.05) is 0 Å². The van der Waals surface area contributed by atoms with E-state index >= 15 is 0 Å². The Hall–Kier alpha value is -2.62.